The molecule has 1 unspecified atom stereocenters. The molecule has 1 fully saturated rings. The van der Waals surface area contributed by atoms with Crippen LogP contribution in [0.1, 0.15) is 6.92 Å². The highest BCUT2D eigenvalue weighted by Crippen LogP contribution is 2.20. The first-order valence-electron chi connectivity index (χ1n) is 2.30. The zero-order chi connectivity index (χ0) is 4.41. The van der Waals surface area contributed by atoms with Gasteiger partial charge in [-0.1, -0.05) is 6.92 Å². The molecule has 0 aromatic heterocycles. The molecule has 0 amide bonds. The Hall–Kier alpha value is 0.350. The van der Waals surface area contributed by atoms with Crippen LogP contribution < -0.4 is 0 Å². The van der Waals surface area contributed by atoms with E-state index in [1.165, 1.54) is 11.5 Å². The molecule has 0 N–H and O–H groups in total. The minimum atomic E-state index is 0.884. The maximum Gasteiger partial charge on any atom is -0.00331 e. The molecule has 6 heavy (non-hydrogen) atoms. The number of rotatable bonds is 0. The summed E-state index contributed by atoms with van der Waals surface area (Å²) in [7, 11) is 0. The first kappa shape index (κ1) is 4.51. The van der Waals surface area contributed by atoms with Crippen LogP contribution in [0.25, 0.3) is 0 Å². The molecule has 35 valence electrons. The Morgan fingerprint density at radius 1 is 1.83 bits per heavy atom. The molecule has 1 rings (SSSR count). The van der Waals surface area contributed by atoms with Crippen LogP contribution in [0.5, 0.6) is 0 Å². The third-order valence-electron chi connectivity index (χ3n) is 0.997. The lowest BCUT2D eigenvalue weighted by atomic mass is 10.2. The topological polar surface area (TPSA) is 0 Å². The normalized spacial score (nSPS) is 34.5. The van der Waals surface area contributed by atoms with Gasteiger partial charge in [-0.3, -0.25) is 0 Å². The molecular formula is C5H9S. The maximum absolute atomic E-state index is 2.37. The van der Waals surface area contributed by atoms with Crippen molar-refractivity contribution in [2.75, 3.05) is 11.5 Å². The molecule has 0 aromatic carbocycles. The summed E-state index contributed by atoms with van der Waals surface area (Å²) in [5.74, 6) is 3.51. The van der Waals surface area contributed by atoms with Gasteiger partial charge in [0.1, 0.15) is 0 Å². The van der Waals surface area contributed by atoms with E-state index in [4.69, 9.17) is 0 Å². The number of thioether (sulfide) groups is 1. The van der Waals surface area contributed by atoms with Crippen molar-refractivity contribution in [3.63, 3.8) is 0 Å². The minimum absolute atomic E-state index is 0.884. The van der Waals surface area contributed by atoms with Gasteiger partial charge in [0.05, 0.1) is 0 Å². The molecule has 0 saturated carbocycles. The highest BCUT2D eigenvalue weighted by Gasteiger charge is 2.08. The summed E-state index contributed by atoms with van der Waals surface area (Å²) in [6.07, 6.45) is 2.37. The van der Waals surface area contributed by atoms with Gasteiger partial charge in [-0.05, 0) is 23.8 Å². The second kappa shape index (κ2) is 1.87. The van der Waals surface area contributed by atoms with Crippen molar-refractivity contribution in [2.45, 2.75) is 6.92 Å². The van der Waals surface area contributed by atoms with Gasteiger partial charge in [-0.25, -0.2) is 0 Å². The Morgan fingerprint density at radius 3 is 2.83 bits per heavy atom. The summed E-state index contributed by atoms with van der Waals surface area (Å²) < 4.78 is 0. The van der Waals surface area contributed by atoms with Gasteiger partial charge in [0, 0.05) is 0 Å². The van der Waals surface area contributed by atoms with Crippen molar-refractivity contribution < 1.29 is 0 Å². The second-order valence-corrected chi connectivity index (χ2v) is 2.83. The molecule has 0 aromatic rings. The highest BCUT2D eigenvalue weighted by molar-refractivity contribution is 7.99. The number of hydrogen-bond acceptors (Lipinski definition) is 1. The van der Waals surface area contributed by atoms with Crippen molar-refractivity contribution in [3.8, 4) is 0 Å². The van der Waals surface area contributed by atoms with E-state index in [0.29, 0.717) is 0 Å². The SMILES string of the molecule is CC1[CH]CSC1. The average Bonchev–Trinajstić information content (AvgIpc) is 1.86. The quantitative estimate of drug-likeness (QED) is 0.446. The predicted octanol–water partition coefficient (Wildman–Crippen LogP) is 1.57. The van der Waals surface area contributed by atoms with Gasteiger partial charge in [-0.15, -0.1) is 0 Å². The predicted molar refractivity (Wildman–Crippen MR) is 30.8 cm³/mol. The van der Waals surface area contributed by atoms with Gasteiger partial charge < -0.3 is 0 Å². The van der Waals surface area contributed by atoms with E-state index in [-0.39, 0.29) is 0 Å². The second-order valence-electron chi connectivity index (χ2n) is 1.75. The van der Waals surface area contributed by atoms with Crippen LogP contribution in [-0.2, 0) is 0 Å². The third kappa shape index (κ3) is 0.904. The molecular weight excluding hydrogens is 92.1 g/mol. The summed E-state index contributed by atoms with van der Waals surface area (Å²) in [6, 6.07) is 0. The largest absolute Gasteiger partial charge is 0.161 e. The molecule has 1 heterocycles. The van der Waals surface area contributed by atoms with Crippen LogP contribution in [0, 0.1) is 12.3 Å². The van der Waals surface area contributed by atoms with Crippen LogP contribution in [0.3, 0.4) is 0 Å². The van der Waals surface area contributed by atoms with E-state index >= 15 is 0 Å². The minimum Gasteiger partial charge on any atom is -0.161 e. The van der Waals surface area contributed by atoms with E-state index < -0.39 is 0 Å². The Balaban J connectivity index is 2.18. The van der Waals surface area contributed by atoms with Crippen molar-refractivity contribution in [1.29, 1.82) is 0 Å². The smallest absolute Gasteiger partial charge is 0.00331 e. The average molecular weight is 101 g/mol. The maximum atomic E-state index is 2.37. The Kier molecular flexibility index (Phi) is 1.41. The molecule has 0 nitrogen and oxygen atoms in total. The van der Waals surface area contributed by atoms with Crippen LogP contribution in [0.4, 0.5) is 0 Å². The lowest BCUT2D eigenvalue weighted by Gasteiger charge is -1.89. The summed E-state index contributed by atoms with van der Waals surface area (Å²) in [6.45, 7) is 2.26. The first-order valence-corrected chi connectivity index (χ1v) is 3.46. The van der Waals surface area contributed by atoms with Crippen molar-refractivity contribution in [2.24, 2.45) is 5.92 Å². The van der Waals surface area contributed by atoms with Gasteiger partial charge in [0.2, 0.25) is 0 Å². The monoisotopic (exact) mass is 101 g/mol. The van der Waals surface area contributed by atoms with Crippen LogP contribution in [0.2, 0.25) is 0 Å². The molecule has 1 aliphatic heterocycles. The van der Waals surface area contributed by atoms with Crippen molar-refractivity contribution in [3.05, 3.63) is 6.42 Å². The van der Waals surface area contributed by atoms with Crippen molar-refractivity contribution in [1.82, 2.24) is 0 Å². The summed E-state index contributed by atoms with van der Waals surface area (Å²) in [5.41, 5.74) is 0. The fraction of sp³-hybridized carbons (Fsp3) is 0.800. The molecule has 1 aliphatic rings. The summed E-state index contributed by atoms with van der Waals surface area (Å²) in [4.78, 5) is 0. The Morgan fingerprint density at radius 2 is 2.67 bits per heavy atom. The molecule has 1 radical (unpaired) electrons. The van der Waals surface area contributed by atoms with Crippen LogP contribution >= 0.6 is 11.8 Å². The van der Waals surface area contributed by atoms with E-state index in [9.17, 15) is 0 Å². The lowest BCUT2D eigenvalue weighted by Crippen LogP contribution is -1.86. The molecule has 0 spiro atoms. The molecule has 1 atom stereocenters. The lowest BCUT2D eigenvalue weighted by molar-refractivity contribution is 0.803. The molecule has 0 aliphatic carbocycles. The van der Waals surface area contributed by atoms with Crippen LogP contribution in [0.15, 0.2) is 0 Å². The summed E-state index contributed by atoms with van der Waals surface area (Å²) >= 11 is 2.03. The van der Waals surface area contributed by atoms with Crippen molar-refractivity contribution >= 4 is 11.8 Å². The van der Waals surface area contributed by atoms with Gasteiger partial charge in [0.25, 0.3) is 0 Å². The van der Waals surface area contributed by atoms with E-state index in [0.717, 1.165) is 5.92 Å². The Labute approximate surface area is 43.3 Å². The van der Waals surface area contributed by atoms with E-state index in [2.05, 4.69) is 13.3 Å². The van der Waals surface area contributed by atoms with Gasteiger partial charge in [0.15, 0.2) is 0 Å². The number of hydrogen-bond donors (Lipinski definition) is 0. The zero-order valence-corrected chi connectivity index (χ0v) is 4.79. The summed E-state index contributed by atoms with van der Waals surface area (Å²) in [5, 5.41) is 0. The zero-order valence-electron chi connectivity index (χ0n) is 3.98. The fourth-order valence-electron chi connectivity index (χ4n) is 0.554. The first-order chi connectivity index (χ1) is 2.89. The third-order valence-corrected chi connectivity index (χ3v) is 2.19. The molecule has 0 bridgehead atoms. The standard InChI is InChI=1S/C5H9S/c1-5-2-3-6-4-5/h2,5H,3-4H2,1H3. The van der Waals surface area contributed by atoms with Gasteiger partial charge in [-0.2, -0.15) is 11.8 Å². The van der Waals surface area contributed by atoms with Crippen LogP contribution in [-0.4, -0.2) is 11.5 Å². The molecule has 1 heteroatoms. The molecule has 1 saturated heterocycles. The van der Waals surface area contributed by atoms with E-state index in [1.54, 1.807) is 0 Å². The highest BCUT2D eigenvalue weighted by atomic mass is 32.2. The fourth-order valence-corrected chi connectivity index (χ4v) is 1.66. The Bertz CT molecular complexity index is 37.2. The van der Waals surface area contributed by atoms with E-state index in [1.807, 2.05) is 11.8 Å². The van der Waals surface area contributed by atoms with Gasteiger partial charge >= 0.3 is 0 Å².